The van der Waals surface area contributed by atoms with E-state index in [-0.39, 0.29) is 82.0 Å². The Morgan fingerprint density at radius 1 is 0.719 bits per heavy atom. The zero-order valence-electron chi connectivity index (χ0n) is 40.2. The highest BCUT2D eigenvalue weighted by Crippen LogP contribution is 2.74. The fraction of sp³-hybridized carbons (Fsp3) is 0.870. The van der Waals surface area contributed by atoms with E-state index in [9.17, 15) is 20.1 Å². The molecule has 0 aromatic carbocycles. The Labute approximate surface area is 380 Å². The lowest BCUT2D eigenvalue weighted by Gasteiger charge is -2.60. The molecule has 21 atom stereocenters. The Morgan fingerprint density at radius 3 is 1.97 bits per heavy atom. The molecule has 3 spiro atoms. The van der Waals surface area contributed by atoms with E-state index >= 15 is 0 Å². The topological polar surface area (TPSA) is 140 Å². The number of Topliss-reactive ketones (excluding diaryl/α,β-unsaturated/α-hetero) is 1. The van der Waals surface area contributed by atoms with Crippen molar-refractivity contribution < 1.29 is 39.1 Å². The number of fused-ring (bicyclic) bond motifs is 14. The maximum absolute atomic E-state index is 14.8. The van der Waals surface area contributed by atoms with Crippen LogP contribution in [0.3, 0.4) is 0 Å². The molecule has 10 nitrogen and oxygen atoms in total. The molecule has 4 aliphatic heterocycles. The summed E-state index contributed by atoms with van der Waals surface area (Å²) >= 11 is 0. The molecule has 0 bridgehead atoms. The Hall–Kier alpha value is -1.79. The average molecular weight is 881 g/mol. The highest BCUT2D eigenvalue weighted by atomic mass is 16.7. The number of aromatic nitrogens is 2. The van der Waals surface area contributed by atoms with E-state index in [1.807, 2.05) is 13.8 Å². The summed E-state index contributed by atoms with van der Waals surface area (Å²) in [6, 6.07) is 0. The van der Waals surface area contributed by atoms with E-state index in [1.54, 1.807) is 0 Å². The summed E-state index contributed by atoms with van der Waals surface area (Å²) in [7, 11) is 0. The van der Waals surface area contributed by atoms with Crippen LogP contribution in [0.5, 0.6) is 0 Å². The first-order valence-corrected chi connectivity index (χ1v) is 26.0. The van der Waals surface area contributed by atoms with Crippen LogP contribution in [0.4, 0.5) is 0 Å². The predicted octanol–water partition coefficient (Wildman–Crippen LogP) is 7.64. The SMILES string of the molecule is C[C@H]1[C@H]2[C@H](C[C@]3(C(=O)C[C@H]4[C@H]3CC[C@H]3Cc5nc6c(nc5C[C@@]34C)C[C@@H]3CC[C@H]4C5=CC7O[C@@]8(CC[C@@](C)(CO)O8)[C@@H](C)[C@@H]7[C@@]5(C)[C@H](O)C[C@@H]4[C@@]3(C)C6)[C@@]2(C)O)O[C@]12CCC(C)(C)O2. The third-order valence-electron chi connectivity index (χ3n) is 23.4. The van der Waals surface area contributed by atoms with E-state index in [0.29, 0.717) is 36.5 Å². The standard InChI is InChI=1S/C54H76N2O8/c1-27-44-40(61-54(27)17-15-47(5,26-57)64-54)20-34-31-12-10-29-18-36-38(23-48(29,6)33(31)21-42(58)50(34,44)8)55-37-19-30-11-13-32-35(49(30,7)24-39(37)56-36)22-43(59)52(32)25-41-45(51(52,9)60)28(2)53(62-41)16-14-46(3,4)63-53/h20,27-33,35,40-42,44-45,57-58,60H,10-19,21-26H2,1-9H3/t27-,28-,29-,30-,31+,32+,33-,35-,40?,41-,42+,44-,45-,47-,48-,49-,50+,51-,52-,53-,54+/m0/s1. The minimum Gasteiger partial charge on any atom is -0.393 e. The lowest BCUT2D eigenvalue weighted by atomic mass is 9.45. The first-order chi connectivity index (χ1) is 30.1. The molecule has 350 valence electrons. The van der Waals surface area contributed by atoms with Crippen LogP contribution >= 0.6 is 0 Å². The van der Waals surface area contributed by atoms with Crippen LogP contribution in [0, 0.1) is 80.8 Å². The van der Waals surface area contributed by atoms with Crippen LogP contribution < -0.4 is 0 Å². The maximum atomic E-state index is 14.8. The van der Waals surface area contributed by atoms with E-state index in [4.69, 9.17) is 28.9 Å². The Morgan fingerprint density at radius 2 is 1.34 bits per heavy atom. The lowest BCUT2D eigenvalue weighted by Crippen LogP contribution is -2.58. The van der Waals surface area contributed by atoms with Crippen molar-refractivity contribution >= 4 is 5.78 Å². The molecule has 64 heavy (non-hydrogen) atoms. The number of rotatable bonds is 1. The molecule has 0 amide bonds. The maximum Gasteiger partial charge on any atom is 0.172 e. The number of carbonyl (C=O) groups excluding carboxylic acids is 1. The van der Waals surface area contributed by atoms with Gasteiger partial charge in [0.05, 0.1) is 69.9 Å². The number of hydrogen-bond acceptors (Lipinski definition) is 10. The number of carbonyl (C=O) groups is 1. The van der Waals surface area contributed by atoms with Crippen molar-refractivity contribution in [3.05, 3.63) is 34.4 Å². The van der Waals surface area contributed by atoms with Gasteiger partial charge < -0.3 is 34.3 Å². The highest BCUT2D eigenvalue weighted by Gasteiger charge is 2.79. The molecule has 10 heteroatoms. The van der Waals surface area contributed by atoms with E-state index < -0.39 is 34.3 Å². The van der Waals surface area contributed by atoms with Crippen LogP contribution in [0.1, 0.15) is 156 Å². The number of ketones is 1. The van der Waals surface area contributed by atoms with Gasteiger partial charge in [-0.3, -0.25) is 14.8 Å². The zero-order valence-corrected chi connectivity index (χ0v) is 40.2. The normalized spacial score (nSPS) is 58.1. The van der Waals surface area contributed by atoms with Gasteiger partial charge in [-0.2, -0.15) is 0 Å². The molecule has 4 saturated heterocycles. The molecule has 8 aliphatic carbocycles. The smallest absolute Gasteiger partial charge is 0.172 e. The quantitative estimate of drug-likeness (QED) is 0.241. The van der Waals surface area contributed by atoms with Crippen LogP contribution in [0.2, 0.25) is 0 Å². The van der Waals surface area contributed by atoms with Crippen LogP contribution in [0.15, 0.2) is 11.6 Å². The summed E-state index contributed by atoms with van der Waals surface area (Å²) in [5.41, 5.74) is 2.94. The second-order valence-corrected chi connectivity index (χ2v) is 26.4. The summed E-state index contributed by atoms with van der Waals surface area (Å²) < 4.78 is 27.1. The Bertz CT molecular complexity index is 2260. The summed E-state index contributed by atoms with van der Waals surface area (Å²) in [6.07, 6.45) is 14.9. The van der Waals surface area contributed by atoms with E-state index in [0.717, 1.165) is 89.2 Å². The zero-order chi connectivity index (χ0) is 44.7. The van der Waals surface area contributed by atoms with Gasteiger partial charge in [0, 0.05) is 48.3 Å². The number of aliphatic hydroxyl groups excluding tert-OH is 2. The minimum atomic E-state index is -1.16. The van der Waals surface area contributed by atoms with Gasteiger partial charge in [-0.25, -0.2) is 0 Å². The third-order valence-corrected chi connectivity index (χ3v) is 23.4. The Balaban J connectivity index is 0.761. The number of ether oxygens (including phenoxy) is 4. The molecule has 1 unspecified atom stereocenters. The summed E-state index contributed by atoms with van der Waals surface area (Å²) in [5.74, 6) is 1.08. The van der Waals surface area contributed by atoms with Gasteiger partial charge >= 0.3 is 0 Å². The molecule has 12 aliphatic rings. The molecule has 5 saturated carbocycles. The van der Waals surface area contributed by atoms with Crippen molar-refractivity contribution in [2.75, 3.05) is 6.61 Å². The number of hydrogen-bond donors (Lipinski definition) is 3. The molecule has 1 aromatic rings. The molecular weight excluding hydrogens is 805 g/mol. The van der Waals surface area contributed by atoms with Gasteiger partial charge in [0.1, 0.15) is 5.78 Å². The van der Waals surface area contributed by atoms with Gasteiger partial charge in [-0.15, -0.1) is 0 Å². The van der Waals surface area contributed by atoms with Crippen molar-refractivity contribution in [3.8, 4) is 0 Å². The van der Waals surface area contributed by atoms with Crippen molar-refractivity contribution in [1.29, 1.82) is 0 Å². The molecule has 5 heterocycles. The largest absolute Gasteiger partial charge is 0.393 e. The third kappa shape index (κ3) is 4.92. The van der Waals surface area contributed by atoms with Crippen LogP contribution in [0.25, 0.3) is 0 Å². The van der Waals surface area contributed by atoms with Gasteiger partial charge in [-0.1, -0.05) is 46.3 Å². The van der Waals surface area contributed by atoms with Crippen molar-refractivity contribution in [2.45, 2.75) is 205 Å². The number of nitrogens with zero attached hydrogens (tertiary/aromatic N) is 2. The molecule has 13 rings (SSSR count). The number of aliphatic hydroxyl groups is 3. The van der Waals surface area contributed by atoms with Crippen molar-refractivity contribution in [2.24, 2.45) is 80.8 Å². The monoisotopic (exact) mass is 881 g/mol. The van der Waals surface area contributed by atoms with Gasteiger partial charge in [-0.05, 0) is 151 Å². The van der Waals surface area contributed by atoms with Crippen molar-refractivity contribution in [1.82, 2.24) is 9.97 Å². The van der Waals surface area contributed by atoms with E-state index in [1.165, 1.54) is 22.7 Å². The van der Waals surface area contributed by atoms with Gasteiger partial charge in [0.2, 0.25) is 0 Å². The fourth-order valence-electron chi connectivity index (χ4n) is 20.0. The first-order valence-electron chi connectivity index (χ1n) is 26.0. The average Bonchev–Trinajstić information content (AvgIpc) is 4.06. The summed E-state index contributed by atoms with van der Waals surface area (Å²) in [4.78, 5) is 26.0. The molecule has 3 N–H and O–H groups in total. The van der Waals surface area contributed by atoms with Crippen LogP contribution in [-0.2, 0) is 49.4 Å². The second-order valence-electron chi connectivity index (χ2n) is 26.4. The first kappa shape index (κ1) is 42.3. The fourth-order valence-corrected chi connectivity index (χ4v) is 20.0. The molecular formula is C54H76N2O8. The molecule has 0 radical (unpaired) electrons. The molecule has 9 fully saturated rings. The van der Waals surface area contributed by atoms with Crippen molar-refractivity contribution in [3.63, 3.8) is 0 Å². The lowest BCUT2D eigenvalue weighted by molar-refractivity contribution is -0.257. The minimum absolute atomic E-state index is 0.0113. The summed E-state index contributed by atoms with van der Waals surface area (Å²) in [6.45, 7) is 20.0. The summed E-state index contributed by atoms with van der Waals surface area (Å²) in [5, 5.41) is 35.5. The predicted molar refractivity (Wildman–Crippen MR) is 237 cm³/mol. The van der Waals surface area contributed by atoms with Gasteiger partial charge in [0.15, 0.2) is 11.6 Å². The van der Waals surface area contributed by atoms with Crippen LogP contribution in [-0.4, -0.2) is 84.4 Å². The molecule has 1 aromatic heterocycles. The Kier molecular flexibility index (Phi) is 8.40. The highest BCUT2D eigenvalue weighted by molar-refractivity contribution is 5.90. The van der Waals surface area contributed by atoms with E-state index in [2.05, 4.69) is 54.5 Å². The second kappa shape index (κ2) is 12.7. The van der Waals surface area contributed by atoms with Gasteiger partial charge in [0.25, 0.3) is 0 Å².